The number of hydrogen-bond acceptors (Lipinski definition) is 5. The number of pyridine rings is 1. The fraction of sp³-hybridized carbons (Fsp3) is 0.143. The fourth-order valence-corrected chi connectivity index (χ4v) is 2.35. The van der Waals surface area contributed by atoms with Crippen molar-refractivity contribution in [2.24, 2.45) is 0 Å². The van der Waals surface area contributed by atoms with Crippen molar-refractivity contribution in [2.45, 2.75) is 0 Å². The van der Waals surface area contributed by atoms with Crippen molar-refractivity contribution in [3.05, 3.63) is 77.9 Å². The van der Waals surface area contributed by atoms with Crippen LogP contribution in [0.25, 0.3) is 0 Å². The third-order valence-electron chi connectivity index (χ3n) is 3.56. The van der Waals surface area contributed by atoms with E-state index in [-0.39, 0.29) is 12.5 Å². The van der Waals surface area contributed by atoms with E-state index in [4.69, 9.17) is 25.8 Å². The van der Waals surface area contributed by atoms with Crippen LogP contribution in [-0.4, -0.2) is 30.6 Å². The van der Waals surface area contributed by atoms with E-state index in [0.717, 1.165) is 0 Å². The number of nitrogens with zero attached hydrogens (tertiary/aromatic N) is 1. The molecule has 0 fully saturated rings. The summed E-state index contributed by atoms with van der Waals surface area (Å²) < 4.78 is 16.6. The molecule has 0 bridgehead atoms. The first-order chi connectivity index (χ1) is 13.7. The maximum absolute atomic E-state index is 11.8. The van der Waals surface area contributed by atoms with Gasteiger partial charge < -0.3 is 19.5 Å². The molecule has 7 heteroatoms. The second kappa shape index (κ2) is 10.2. The molecule has 1 aromatic heterocycles. The molecule has 0 aliphatic rings. The molecule has 28 heavy (non-hydrogen) atoms. The van der Waals surface area contributed by atoms with Crippen LogP contribution in [0.15, 0.2) is 72.9 Å². The summed E-state index contributed by atoms with van der Waals surface area (Å²) in [5.74, 6) is 2.18. The molecular formula is C21H19ClN2O4. The first-order valence-electron chi connectivity index (χ1n) is 8.66. The van der Waals surface area contributed by atoms with Gasteiger partial charge >= 0.3 is 0 Å². The summed E-state index contributed by atoms with van der Waals surface area (Å²) in [6.45, 7) is 0.649. The van der Waals surface area contributed by atoms with Gasteiger partial charge in [0.15, 0.2) is 6.61 Å². The average Bonchev–Trinajstić information content (AvgIpc) is 2.73. The Labute approximate surface area is 168 Å². The lowest BCUT2D eigenvalue weighted by Crippen LogP contribution is -2.32. The summed E-state index contributed by atoms with van der Waals surface area (Å²) >= 11 is 5.81. The van der Waals surface area contributed by atoms with Crippen LogP contribution < -0.4 is 19.5 Å². The summed E-state index contributed by atoms with van der Waals surface area (Å²) in [7, 11) is 0. The van der Waals surface area contributed by atoms with E-state index in [1.165, 1.54) is 0 Å². The lowest BCUT2D eigenvalue weighted by atomic mass is 10.3. The van der Waals surface area contributed by atoms with Gasteiger partial charge in [-0.05, 0) is 54.6 Å². The second-order valence-corrected chi connectivity index (χ2v) is 6.12. The fourth-order valence-electron chi connectivity index (χ4n) is 2.22. The molecule has 0 saturated carbocycles. The Morgan fingerprint density at radius 3 is 2.29 bits per heavy atom. The summed E-state index contributed by atoms with van der Waals surface area (Å²) in [6, 6.07) is 19.4. The molecule has 0 radical (unpaired) electrons. The van der Waals surface area contributed by atoms with E-state index in [1.807, 2.05) is 12.1 Å². The first kappa shape index (κ1) is 19.5. The number of benzene rings is 2. The number of carbonyl (C=O) groups is 1. The minimum atomic E-state index is -0.228. The number of carbonyl (C=O) groups excluding carboxylic acids is 1. The summed E-state index contributed by atoms with van der Waals surface area (Å²) in [5.41, 5.74) is 0. The Morgan fingerprint density at radius 1 is 0.893 bits per heavy atom. The lowest BCUT2D eigenvalue weighted by Gasteiger charge is -2.09. The molecule has 3 aromatic rings. The highest BCUT2D eigenvalue weighted by atomic mass is 35.5. The SMILES string of the molecule is O=C(COc1ccc(Oc2ccccn2)cc1)NCCOc1ccc(Cl)cc1. The van der Waals surface area contributed by atoms with Crippen molar-refractivity contribution >= 4 is 17.5 Å². The molecule has 1 amide bonds. The molecule has 0 saturated heterocycles. The van der Waals surface area contributed by atoms with Crippen molar-refractivity contribution in [2.75, 3.05) is 19.8 Å². The predicted molar refractivity (Wildman–Crippen MR) is 106 cm³/mol. The van der Waals surface area contributed by atoms with E-state index in [0.29, 0.717) is 41.3 Å². The van der Waals surface area contributed by atoms with Crippen LogP contribution in [0.1, 0.15) is 0 Å². The monoisotopic (exact) mass is 398 g/mol. The Bertz CT molecular complexity index is 871. The Hall–Kier alpha value is -3.25. The first-order valence-corrected chi connectivity index (χ1v) is 9.04. The molecule has 0 aliphatic carbocycles. The third-order valence-corrected chi connectivity index (χ3v) is 3.81. The van der Waals surface area contributed by atoms with Gasteiger partial charge in [-0.25, -0.2) is 4.98 Å². The van der Waals surface area contributed by atoms with Gasteiger partial charge in [0, 0.05) is 17.3 Å². The van der Waals surface area contributed by atoms with E-state index in [1.54, 1.807) is 60.8 Å². The van der Waals surface area contributed by atoms with Crippen LogP contribution in [0.5, 0.6) is 23.1 Å². The molecule has 3 rings (SSSR count). The number of hydrogen-bond donors (Lipinski definition) is 1. The molecule has 2 aromatic carbocycles. The molecule has 6 nitrogen and oxygen atoms in total. The summed E-state index contributed by atoms with van der Waals surface area (Å²) in [5, 5.41) is 3.38. The minimum Gasteiger partial charge on any atom is -0.492 e. The van der Waals surface area contributed by atoms with Crippen LogP contribution in [0.3, 0.4) is 0 Å². The number of ether oxygens (including phenoxy) is 3. The van der Waals surface area contributed by atoms with Gasteiger partial charge in [-0.1, -0.05) is 17.7 Å². The minimum absolute atomic E-state index is 0.0820. The van der Waals surface area contributed by atoms with Gasteiger partial charge in [-0.15, -0.1) is 0 Å². The number of aromatic nitrogens is 1. The van der Waals surface area contributed by atoms with Crippen LogP contribution in [-0.2, 0) is 4.79 Å². The van der Waals surface area contributed by atoms with Crippen molar-refractivity contribution in [3.8, 4) is 23.1 Å². The number of nitrogens with one attached hydrogen (secondary N) is 1. The number of rotatable bonds is 9. The molecule has 0 spiro atoms. The summed E-state index contributed by atoms with van der Waals surface area (Å²) in [6.07, 6.45) is 1.66. The zero-order valence-corrected chi connectivity index (χ0v) is 15.8. The smallest absolute Gasteiger partial charge is 0.258 e. The predicted octanol–water partition coefficient (Wildman–Crippen LogP) is 4.10. The highest BCUT2D eigenvalue weighted by molar-refractivity contribution is 6.30. The van der Waals surface area contributed by atoms with E-state index >= 15 is 0 Å². The van der Waals surface area contributed by atoms with E-state index < -0.39 is 0 Å². The van der Waals surface area contributed by atoms with Crippen molar-refractivity contribution < 1.29 is 19.0 Å². The number of amides is 1. The van der Waals surface area contributed by atoms with E-state index in [9.17, 15) is 4.79 Å². The average molecular weight is 399 g/mol. The Kier molecular flexibility index (Phi) is 7.09. The number of halogens is 1. The molecule has 1 heterocycles. The lowest BCUT2D eigenvalue weighted by molar-refractivity contribution is -0.123. The Balaban J connectivity index is 1.34. The molecule has 0 atom stereocenters. The third kappa shape index (κ3) is 6.48. The van der Waals surface area contributed by atoms with Crippen LogP contribution in [0.2, 0.25) is 5.02 Å². The zero-order valence-electron chi connectivity index (χ0n) is 15.0. The van der Waals surface area contributed by atoms with Gasteiger partial charge in [0.2, 0.25) is 5.88 Å². The van der Waals surface area contributed by atoms with Crippen LogP contribution >= 0.6 is 11.6 Å². The van der Waals surface area contributed by atoms with Crippen molar-refractivity contribution in [3.63, 3.8) is 0 Å². The second-order valence-electron chi connectivity index (χ2n) is 5.68. The topological polar surface area (TPSA) is 69.7 Å². The van der Waals surface area contributed by atoms with Crippen molar-refractivity contribution in [1.29, 1.82) is 0 Å². The molecular weight excluding hydrogens is 380 g/mol. The zero-order chi connectivity index (χ0) is 19.6. The van der Waals surface area contributed by atoms with Gasteiger partial charge in [0.1, 0.15) is 23.9 Å². The standard InChI is InChI=1S/C21H19ClN2O4/c22-16-4-6-17(7-5-16)26-14-13-23-20(25)15-27-18-8-10-19(11-9-18)28-21-3-1-2-12-24-21/h1-12H,13-15H2,(H,23,25). The summed E-state index contributed by atoms with van der Waals surface area (Å²) in [4.78, 5) is 15.9. The largest absolute Gasteiger partial charge is 0.492 e. The molecule has 0 aliphatic heterocycles. The van der Waals surface area contributed by atoms with Gasteiger partial charge in [0.25, 0.3) is 5.91 Å². The maximum Gasteiger partial charge on any atom is 0.258 e. The highest BCUT2D eigenvalue weighted by Crippen LogP contribution is 2.22. The van der Waals surface area contributed by atoms with Gasteiger partial charge in [0.05, 0.1) is 6.54 Å². The van der Waals surface area contributed by atoms with Crippen LogP contribution in [0.4, 0.5) is 0 Å². The quantitative estimate of drug-likeness (QED) is 0.549. The highest BCUT2D eigenvalue weighted by Gasteiger charge is 2.04. The molecule has 0 unspecified atom stereocenters. The Morgan fingerprint density at radius 2 is 1.57 bits per heavy atom. The van der Waals surface area contributed by atoms with Gasteiger partial charge in [-0.2, -0.15) is 0 Å². The normalized spacial score (nSPS) is 10.2. The maximum atomic E-state index is 11.8. The molecule has 144 valence electrons. The van der Waals surface area contributed by atoms with Crippen molar-refractivity contribution in [1.82, 2.24) is 10.3 Å². The van der Waals surface area contributed by atoms with E-state index in [2.05, 4.69) is 10.3 Å². The van der Waals surface area contributed by atoms with Crippen LogP contribution in [0, 0.1) is 0 Å². The molecule has 1 N–H and O–H groups in total. The van der Waals surface area contributed by atoms with Gasteiger partial charge in [-0.3, -0.25) is 4.79 Å².